The molecule has 0 spiro atoms. The fourth-order valence-corrected chi connectivity index (χ4v) is 2.66. The fraction of sp³-hybridized carbons (Fsp3) is 0.120. The van der Waals surface area contributed by atoms with Crippen LogP contribution in [0.15, 0.2) is 84.9 Å². The average Bonchev–Trinajstić information content (AvgIpc) is 2.64. The molecule has 0 aliphatic heterocycles. The molecule has 0 aromatic heterocycles. The Kier molecular flexibility index (Phi) is 5.50. The van der Waals surface area contributed by atoms with Crippen LogP contribution in [0.25, 0.3) is 5.57 Å². The Bertz CT molecular complexity index is 900. The van der Waals surface area contributed by atoms with E-state index in [0.29, 0.717) is 0 Å². The maximum atomic E-state index is 3.23. The minimum absolute atomic E-state index is 0.882. The van der Waals surface area contributed by atoms with Crippen LogP contribution >= 0.6 is 0 Å². The molecule has 0 saturated heterocycles. The van der Waals surface area contributed by atoms with Crippen molar-refractivity contribution in [3.05, 3.63) is 113 Å². The minimum atomic E-state index is 0.882. The van der Waals surface area contributed by atoms with Crippen LogP contribution in [-0.4, -0.2) is 0 Å². The lowest BCUT2D eigenvalue weighted by molar-refractivity contribution is 1.26. The average molecular weight is 322 g/mol. The summed E-state index contributed by atoms with van der Waals surface area (Å²) in [5.41, 5.74) is 7.37. The van der Waals surface area contributed by atoms with Crippen molar-refractivity contribution < 1.29 is 0 Å². The summed E-state index contributed by atoms with van der Waals surface area (Å²) in [5.74, 6) is 6.46. The third-order valence-corrected chi connectivity index (χ3v) is 4.17. The molecule has 0 heterocycles. The number of hydrogen-bond donors (Lipinski definition) is 0. The Morgan fingerprint density at radius 2 is 1.36 bits per heavy atom. The van der Waals surface area contributed by atoms with Gasteiger partial charge in [-0.05, 0) is 55.2 Å². The summed E-state index contributed by atoms with van der Waals surface area (Å²) in [5, 5.41) is 0. The van der Waals surface area contributed by atoms with Crippen LogP contribution in [0.4, 0.5) is 0 Å². The van der Waals surface area contributed by atoms with E-state index in [2.05, 4.69) is 80.3 Å². The maximum Gasteiger partial charge on any atom is 0.0248 e. The summed E-state index contributed by atoms with van der Waals surface area (Å²) in [6, 6.07) is 27.5. The van der Waals surface area contributed by atoms with Gasteiger partial charge in [-0.25, -0.2) is 0 Å². The topological polar surface area (TPSA) is 0 Å². The van der Waals surface area contributed by atoms with Gasteiger partial charge in [-0.3, -0.25) is 0 Å². The van der Waals surface area contributed by atoms with Gasteiger partial charge in [0.05, 0.1) is 0 Å². The first kappa shape index (κ1) is 16.8. The molecule has 0 aliphatic rings. The second kappa shape index (κ2) is 8.18. The lowest BCUT2D eigenvalue weighted by atomic mass is 9.96. The van der Waals surface area contributed by atoms with Crippen molar-refractivity contribution in [3.63, 3.8) is 0 Å². The van der Waals surface area contributed by atoms with E-state index in [-0.39, 0.29) is 0 Å². The molecular weight excluding hydrogens is 300 g/mol. The number of benzene rings is 3. The van der Waals surface area contributed by atoms with Crippen LogP contribution in [0, 0.1) is 25.7 Å². The van der Waals surface area contributed by atoms with Gasteiger partial charge >= 0.3 is 0 Å². The molecule has 0 saturated carbocycles. The molecule has 3 aromatic rings. The summed E-state index contributed by atoms with van der Waals surface area (Å²) in [6.45, 7) is 4.23. The van der Waals surface area contributed by atoms with Gasteiger partial charge in [-0.15, -0.1) is 0 Å². The highest BCUT2D eigenvalue weighted by atomic mass is 14.1. The molecule has 122 valence electrons. The molecular formula is C25H22. The molecule has 0 aliphatic carbocycles. The fourth-order valence-electron chi connectivity index (χ4n) is 2.66. The minimum Gasteiger partial charge on any atom is -0.0693 e. The van der Waals surface area contributed by atoms with E-state index in [0.717, 1.165) is 12.0 Å². The Hall–Kier alpha value is -3.04. The second-order valence-corrected chi connectivity index (χ2v) is 6.33. The molecule has 0 bridgehead atoms. The van der Waals surface area contributed by atoms with E-state index < -0.39 is 0 Å². The van der Waals surface area contributed by atoms with Gasteiger partial charge in [-0.2, -0.15) is 0 Å². The van der Waals surface area contributed by atoms with Crippen molar-refractivity contribution >= 4 is 5.57 Å². The molecule has 3 aromatic carbocycles. The lowest BCUT2D eigenvalue weighted by Crippen LogP contribution is -1.91. The van der Waals surface area contributed by atoms with E-state index >= 15 is 0 Å². The first-order valence-electron chi connectivity index (χ1n) is 8.59. The van der Waals surface area contributed by atoms with Crippen molar-refractivity contribution in [2.24, 2.45) is 0 Å². The van der Waals surface area contributed by atoms with Crippen molar-refractivity contribution in [1.29, 1.82) is 0 Å². The zero-order valence-corrected chi connectivity index (χ0v) is 14.8. The highest BCUT2D eigenvalue weighted by Gasteiger charge is 2.03. The van der Waals surface area contributed by atoms with Crippen LogP contribution < -0.4 is 0 Å². The third kappa shape index (κ3) is 4.96. The van der Waals surface area contributed by atoms with E-state index in [4.69, 9.17) is 0 Å². The molecule has 0 radical (unpaired) electrons. The molecule has 25 heavy (non-hydrogen) atoms. The van der Waals surface area contributed by atoms with Gasteiger partial charge in [0.25, 0.3) is 0 Å². The first-order valence-corrected chi connectivity index (χ1v) is 8.59. The van der Waals surface area contributed by atoms with Crippen molar-refractivity contribution in [3.8, 4) is 11.8 Å². The van der Waals surface area contributed by atoms with Crippen LogP contribution in [-0.2, 0) is 6.42 Å². The maximum absolute atomic E-state index is 3.23. The highest BCUT2D eigenvalue weighted by molar-refractivity contribution is 5.70. The largest absolute Gasteiger partial charge is 0.0693 e. The molecule has 0 amide bonds. The Morgan fingerprint density at radius 3 is 2.00 bits per heavy atom. The molecule has 0 atom stereocenters. The summed E-state index contributed by atoms with van der Waals surface area (Å²) in [6.07, 6.45) is 2.93. The number of hydrogen-bond acceptors (Lipinski definition) is 0. The molecule has 0 unspecified atom stereocenters. The second-order valence-electron chi connectivity index (χ2n) is 6.33. The molecule has 0 heteroatoms. The Morgan fingerprint density at radius 1 is 0.760 bits per heavy atom. The predicted octanol–water partition coefficient (Wildman–Crippen LogP) is 5.98. The summed E-state index contributed by atoms with van der Waals surface area (Å²) < 4.78 is 0. The summed E-state index contributed by atoms with van der Waals surface area (Å²) in [4.78, 5) is 0. The first-order chi connectivity index (χ1) is 12.2. The standard InChI is InChI=1S/C25H22/c1-20-11-15-23(16-12-20)19-25(24-17-13-21(2)14-18-24)10-6-9-22-7-4-3-5-8-22/h3-5,7-8,10-18H,19H2,1-2H3/b25-10+. The van der Waals surface area contributed by atoms with Gasteiger partial charge in [0, 0.05) is 5.56 Å². The monoisotopic (exact) mass is 322 g/mol. The summed E-state index contributed by atoms with van der Waals surface area (Å²) in [7, 11) is 0. The van der Waals surface area contributed by atoms with Crippen molar-refractivity contribution in [1.82, 2.24) is 0 Å². The number of rotatable bonds is 3. The Balaban J connectivity index is 1.91. The van der Waals surface area contributed by atoms with Gasteiger partial charge in [0.15, 0.2) is 0 Å². The van der Waals surface area contributed by atoms with Crippen LogP contribution in [0.1, 0.15) is 27.8 Å². The zero-order valence-electron chi connectivity index (χ0n) is 14.8. The quantitative estimate of drug-likeness (QED) is 0.520. The lowest BCUT2D eigenvalue weighted by Gasteiger charge is -2.08. The zero-order chi connectivity index (χ0) is 17.5. The van der Waals surface area contributed by atoms with E-state index in [1.165, 1.54) is 27.8 Å². The van der Waals surface area contributed by atoms with Gasteiger partial charge < -0.3 is 0 Å². The van der Waals surface area contributed by atoms with Crippen molar-refractivity contribution in [2.75, 3.05) is 0 Å². The highest BCUT2D eigenvalue weighted by Crippen LogP contribution is 2.20. The third-order valence-electron chi connectivity index (χ3n) is 4.17. The molecule has 0 nitrogen and oxygen atoms in total. The van der Waals surface area contributed by atoms with E-state index in [1.807, 2.05) is 30.3 Å². The van der Waals surface area contributed by atoms with Gasteiger partial charge in [-0.1, -0.05) is 89.7 Å². The van der Waals surface area contributed by atoms with E-state index in [9.17, 15) is 0 Å². The van der Waals surface area contributed by atoms with Gasteiger partial charge in [0.1, 0.15) is 0 Å². The molecule has 0 fully saturated rings. The molecule has 3 rings (SSSR count). The van der Waals surface area contributed by atoms with Crippen LogP contribution in [0.2, 0.25) is 0 Å². The van der Waals surface area contributed by atoms with Crippen molar-refractivity contribution in [2.45, 2.75) is 20.3 Å². The summed E-state index contributed by atoms with van der Waals surface area (Å²) >= 11 is 0. The number of aryl methyl sites for hydroxylation is 2. The van der Waals surface area contributed by atoms with Crippen LogP contribution in [0.3, 0.4) is 0 Å². The Labute approximate surface area is 150 Å². The predicted molar refractivity (Wildman–Crippen MR) is 107 cm³/mol. The van der Waals surface area contributed by atoms with Gasteiger partial charge in [0.2, 0.25) is 0 Å². The normalized spacial score (nSPS) is 10.9. The molecule has 0 N–H and O–H groups in total. The smallest absolute Gasteiger partial charge is 0.0248 e. The van der Waals surface area contributed by atoms with Crippen LogP contribution in [0.5, 0.6) is 0 Å². The number of allylic oxidation sites excluding steroid dienone is 2. The van der Waals surface area contributed by atoms with E-state index in [1.54, 1.807) is 0 Å². The SMILES string of the molecule is Cc1ccc(C/C(=C\C#Cc2ccccc2)c2ccc(C)cc2)cc1.